The maximum Gasteiger partial charge on any atom is 0.259 e. The van der Waals surface area contributed by atoms with Crippen LogP contribution < -0.4 is 10.7 Å². The van der Waals surface area contributed by atoms with Crippen molar-refractivity contribution in [2.45, 2.75) is 4.90 Å². The Bertz CT molecular complexity index is 940. The molecule has 3 N–H and O–H groups in total. The van der Waals surface area contributed by atoms with Gasteiger partial charge in [0.15, 0.2) is 0 Å². The number of hydrogen-bond acceptors (Lipinski definition) is 5. The molecule has 8 heteroatoms. The fourth-order valence-electron chi connectivity index (χ4n) is 1.81. The van der Waals surface area contributed by atoms with Gasteiger partial charge in [0.25, 0.3) is 5.56 Å². The van der Waals surface area contributed by atoms with E-state index < -0.39 is 10.0 Å². The van der Waals surface area contributed by atoms with Gasteiger partial charge < -0.3 is 4.98 Å². The third-order valence-corrected chi connectivity index (χ3v) is 4.47. The number of nitrogens with two attached hydrogens (primary N) is 1. The van der Waals surface area contributed by atoms with Gasteiger partial charge in [-0.2, -0.15) is 0 Å². The van der Waals surface area contributed by atoms with Crippen LogP contribution >= 0.6 is 11.3 Å². The summed E-state index contributed by atoms with van der Waals surface area (Å²) in [6.45, 7) is 0. The van der Waals surface area contributed by atoms with Crippen LogP contribution in [0.5, 0.6) is 0 Å². The van der Waals surface area contributed by atoms with Crippen LogP contribution in [-0.4, -0.2) is 18.4 Å². The van der Waals surface area contributed by atoms with Crippen molar-refractivity contribution in [2.24, 2.45) is 5.14 Å². The highest BCUT2D eigenvalue weighted by atomic mass is 32.2. The number of benzene rings is 1. The molecule has 2 aromatic heterocycles. The number of sulfonamides is 1. The van der Waals surface area contributed by atoms with Gasteiger partial charge in [-0.1, -0.05) is 0 Å². The molecule has 3 rings (SSSR count). The van der Waals surface area contributed by atoms with Crippen molar-refractivity contribution in [2.75, 3.05) is 0 Å². The van der Waals surface area contributed by atoms with Gasteiger partial charge >= 0.3 is 0 Å². The molecule has 0 fully saturated rings. The van der Waals surface area contributed by atoms with Gasteiger partial charge in [-0.05, 0) is 24.3 Å². The second-order valence-electron chi connectivity index (χ2n) is 4.15. The highest BCUT2D eigenvalue weighted by Gasteiger charge is 2.10. The zero-order valence-corrected chi connectivity index (χ0v) is 11.7. The summed E-state index contributed by atoms with van der Waals surface area (Å²) in [6.07, 6.45) is 0. The zero-order valence-electron chi connectivity index (χ0n) is 10.0. The molecular formula is C12H9N3O3S2. The van der Waals surface area contributed by atoms with Crippen LogP contribution in [0.4, 0.5) is 0 Å². The van der Waals surface area contributed by atoms with Crippen molar-refractivity contribution in [3.05, 3.63) is 45.4 Å². The third kappa shape index (κ3) is 2.24. The number of primary sulfonamides is 1. The first kappa shape index (κ1) is 13.0. The molecule has 0 spiro atoms. The Morgan fingerprint density at radius 3 is 2.50 bits per heavy atom. The number of rotatable bonds is 2. The molecule has 0 aliphatic rings. The Hall–Kier alpha value is -2.03. The quantitative estimate of drug-likeness (QED) is 0.744. The lowest BCUT2D eigenvalue weighted by atomic mass is 10.2. The van der Waals surface area contributed by atoms with Gasteiger partial charge in [0.1, 0.15) is 5.82 Å². The summed E-state index contributed by atoms with van der Waals surface area (Å²) in [5.74, 6) is 0.391. The molecule has 1 aromatic carbocycles. The molecule has 0 radical (unpaired) electrons. The van der Waals surface area contributed by atoms with Crippen LogP contribution in [0.1, 0.15) is 0 Å². The molecule has 0 bridgehead atoms. The minimum atomic E-state index is -3.73. The lowest BCUT2D eigenvalue weighted by Gasteiger charge is -2.02. The molecular weight excluding hydrogens is 298 g/mol. The molecule has 2 heterocycles. The number of H-pyrrole nitrogens is 1. The van der Waals surface area contributed by atoms with Gasteiger partial charge in [0, 0.05) is 16.3 Å². The van der Waals surface area contributed by atoms with Crippen LogP contribution in [0.15, 0.2) is 44.7 Å². The highest BCUT2D eigenvalue weighted by Crippen LogP contribution is 2.19. The Labute approximate surface area is 118 Å². The van der Waals surface area contributed by atoms with Crippen molar-refractivity contribution in [3.63, 3.8) is 0 Å². The molecule has 102 valence electrons. The third-order valence-electron chi connectivity index (χ3n) is 2.81. The molecule has 20 heavy (non-hydrogen) atoms. The Morgan fingerprint density at radius 2 is 1.85 bits per heavy atom. The lowest BCUT2D eigenvalue weighted by molar-refractivity contribution is 0.598. The first-order valence-electron chi connectivity index (χ1n) is 5.54. The van der Waals surface area contributed by atoms with E-state index in [4.69, 9.17) is 5.14 Å². The molecule has 0 atom stereocenters. The van der Waals surface area contributed by atoms with Crippen LogP contribution in [0.25, 0.3) is 22.3 Å². The summed E-state index contributed by atoms with van der Waals surface area (Å²) in [4.78, 5) is 18.9. The van der Waals surface area contributed by atoms with E-state index in [-0.39, 0.29) is 10.5 Å². The smallest absolute Gasteiger partial charge is 0.259 e. The highest BCUT2D eigenvalue weighted by molar-refractivity contribution is 7.89. The fraction of sp³-hybridized carbons (Fsp3) is 0. The number of nitrogens with zero attached hydrogens (tertiary/aromatic N) is 1. The second-order valence-corrected chi connectivity index (χ2v) is 6.46. The number of hydrogen-bond donors (Lipinski definition) is 2. The van der Waals surface area contributed by atoms with E-state index in [9.17, 15) is 13.2 Å². The molecule has 0 saturated carbocycles. The zero-order chi connectivity index (χ0) is 14.3. The van der Waals surface area contributed by atoms with Crippen LogP contribution in [0.3, 0.4) is 0 Å². The molecule has 0 aliphatic heterocycles. The Kier molecular flexibility index (Phi) is 2.93. The molecule has 0 aliphatic carbocycles. The average molecular weight is 307 g/mol. The van der Waals surface area contributed by atoms with Crippen LogP contribution in [0, 0.1) is 0 Å². The lowest BCUT2D eigenvalue weighted by Crippen LogP contribution is -2.12. The molecule has 3 aromatic rings. The van der Waals surface area contributed by atoms with E-state index in [0.29, 0.717) is 22.3 Å². The number of thiophene rings is 1. The van der Waals surface area contributed by atoms with E-state index >= 15 is 0 Å². The summed E-state index contributed by atoms with van der Waals surface area (Å²) < 4.78 is 22.4. The average Bonchev–Trinajstić information content (AvgIpc) is 2.86. The largest absolute Gasteiger partial charge is 0.306 e. The second kappa shape index (κ2) is 4.51. The van der Waals surface area contributed by atoms with Crippen molar-refractivity contribution in [1.82, 2.24) is 9.97 Å². The standard InChI is InChI=1S/C12H9N3O3S2/c13-20(17,18)8-3-1-7(2-4-8)11-14-10-6-19-5-9(10)12(16)15-11/h1-6H,(H2,13,17,18)(H,14,15,16). The molecule has 0 saturated heterocycles. The van der Waals surface area contributed by atoms with Gasteiger partial charge in [0.2, 0.25) is 10.0 Å². The predicted octanol–water partition coefficient (Wildman–Crippen LogP) is 1.30. The van der Waals surface area contributed by atoms with E-state index in [0.717, 1.165) is 0 Å². The normalized spacial score (nSPS) is 11.8. The predicted molar refractivity (Wildman–Crippen MR) is 77.0 cm³/mol. The van der Waals surface area contributed by atoms with E-state index in [1.54, 1.807) is 22.9 Å². The maximum atomic E-state index is 11.9. The first-order chi connectivity index (χ1) is 9.45. The topological polar surface area (TPSA) is 106 Å². The SMILES string of the molecule is NS(=O)(=O)c1ccc(-c2nc3cscc3c(=O)[nH]2)cc1. The maximum absolute atomic E-state index is 11.9. The molecule has 0 unspecified atom stereocenters. The van der Waals surface area contributed by atoms with Crippen molar-refractivity contribution < 1.29 is 8.42 Å². The first-order valence-corrected chi connectivity index (χ1v) is 8.03. The molecule has 6 nitrogen and oxygen atoms in total. The minimum absolute atomic E-state index is 0.0141. The number of nitrogens with one attached hydrogen (secondary N) is 1. The van der Waals surface area contributed by atoms with Crippen LogP contribution in [-0.2, 0) is 10.0 Å². The summed E-state index contributed by atoms with van der Waals surface area (Å²) >= 11 is 1.40. The van der Waals surface area contributed by atoms with Crippen molar-refractivity contribution in [1.29, 1.82) is 0 Å². The summed E-state index contributed by atoms with van der Waals surface area (Å²) in [5.41, 5.74) is 1.01. The van der Waals surface area contributed by atoms with Gasteiger partial charge in [-0.15, -0.1) is 11.3 Å². The van der Waals surface area contributed by atoms with Crippen molar-refractivity contribution in [3.8, 4) is 11.4 Å². The Balaban J connectivity index is 2.13. The van der Waals surface area contributed by atoms with Crippen molar-refractivity contribution >= 4 is 32.3 Å². The van der Waals surface area contributed by atoms with E-state index in [1.807, 2.05) is 0 Å². The van der Waals surface area contributed by atoms with Gasteiger partial charge in [0.05, 0.1) is 15.8 Å². The summed E-state index contributed by atoms with van der Waals surface area (Å²) in [5, 5.41) is 9.09. The Morgan fingerprint density at radius 1 is 1.15 bits per heavy atom. The fourth-order valence-corrected chi connectivity index (χ4v) is 3.07. The van der Waals surface area contributed by atoms with Gasteiger partial charge in [-0.3, -0.25) is 4.79 Å². The summed E-state index contributed by atoms with van der Waals surface area (Å²) in [7, 11) is -3.73. The van der Waals surface area contributed by atoms with E-state index in [2.05, 4.69) is 9.97 Å². The summed E-state index contributed by atoms with van der Waals surface area (Å²) in [6, 6.07) is 5.86. The van der Waals surface area contributed by atoms with Crippen LogP contribution in [0.2, 0.25) is 0 Å². The number of aromatic nitrogens is 2. The monoisotopic (exact) mass is 307 g/mol. The van der Waals surface area contributed by atoms with Gasteiger partial charge in [-0.25, -0.2) is 18.5 Å². The number of aromatic amines is 1. The van der Waals surface area contributed by atoms with E-state index in [1.165, 1.54) is 23.5 Å². The minimum Gasteiger partial charge on any atom is -0.306 e. The number of fused-ring (bicyclic) bond motifs is 1. The molecule has 0 amide bonds.